The highest BCUT2D eigenvalue weighted by Crippen LogP contribution is 2.22. The Bertz CT molecular complexity index is 124. The van der Waals surface area contributed by atoms with Crippen LogP contribution in [0.1, 0.15) is 39.0 Å². The first-order valence-electron chi connectivity index (χ1n) is 6.12. The zero-order valence-corrected chi connectivity index (χ0v) is 12.8. The summed E-state index contributed by atoms with van der Waals surface area (Å²) >= 11 is 0. The molecule has 1 fully saturated rings. The van der Waals surface area contributed by atoms with E-state index in [1.54, 1.807) is 6.04 Å². The second-order valence-corrected chi connectivity index (χ2v) is 7.24. The summed E-state index contributed by atoms with van der Waals surface area (Å²) in [5.74, 6) is 0. The van der Waals surface area contributed by atoms with Crippen molar-refractivity contribution in [1.29, 1.82) is 0 Å². The maximum absolute atomic E-state index is 2.86. The first kappa shape index (κ1) is 11.5. The Hall–Kier alpha value is 0.394. The van der Waals surface area contributed by atoms with Crippen LogP contribution in [0.2, 0.25) is 12.1 Å². The average Bonchev–Trinajstić information content (AvgIpc) is 2.21. The molecule has 0 aromatic carbocycles. The van der Waals surface area contributed by atoms with Gasteiger partial charge in [0.05, 0.1) is 9.68 Å². The molecule has 0 radical (unpaired) electrons. The molecule has 78 valence electrons. The lowest BCUT2D eigenvalue weighted by atomic mass is 9.95. The highest BCUT2D eigenvalue weighted by molar-refractivity contribution is 6.34. The van der Waals surface area contributed by atoms with E-state index in [1.165, 1.54) is 54.9 Å². The summed E-state index contributed by atoms with van der Waals surface area (Å²) in [4.78, 5) is 0. The number of hydrogen-bond acceptors (Lipinski definition) is 1. The van der Waals surface area contributed by atoms with E-state index in [2.05, 4.69) is 11.5 Å². The summed E-state index contributed by atoms with van der Waals surface area (Å²) in [7, 11) is 1.57. The zero-order chi connectivity index (χ0) is 9.52. The summed E-state index contributed by atoms with van der Waals surface area (Å²) in [5, 5.41) is 0. The largest absolute Gasteiger partial charge is 0.327 e. The van der Waals surface area contributed by atoms with Gasteiger partial charge in [0.1, 0.15) is 0 Å². The molecule has 0 aromatic heterocycles. The smallest absolute Gasteiger partial charge is 0.0950 e. The van der Waals surface area contributed by atoms with Crippen molar-refractivity contribution in [3.63, 3.8) is 0 Å². The number of hydrogen-bond donors (Lipinski definition) is 0. The maximum atomic E-state index is 2.86. The molecule has 1 aliphatic carbocycles. The molecule has 0 N–H and O–H groups in total. The van der Waals surface area contributed by atoms with Gasteiger partial charge in [0.25, 0.3) is 0 Å². The fourth-order valence-electron chi connectivity index (χ4n) is 2.41. The van der Waals surface area contributed by atoms with Crippen LogP contribution in [0.15, 0.2) is 0 Å². The van der Waals surface area contributed by atoms with Gasteiger partial charge in [0, 0.05) is 16.3 Å². The zero-order valence-electron chi connectivity index (χ0n) is 9.39. The SMILES string of the molecule is CCN([SiH2]CC[SiH3])C1CCCCC1. The van der Waals surface area contributed by atoms with Crippen molar-refractivity contribution in [2.24, 2.45) is 0 Å². The van der Waals surface area contributed by atoms with Gasteiger partial charge in [-0.2, -0.15) is 0 Å². The summed E-state index contributed by atoms with van der Waals surface area (Å²) in [6.45, 7) is 3.69. The van der Waals surface area contributed by atoms with Crippen LogP contribution in [0, 0.1) is 0 Å². The highest BCUT2D eigenvalue weighted by atomic mass is 28.2. The predicted molar refractivity (Wildman–Crippen MR) is 67.4 cm³/mol. The van der Waals surface area contributed by atoms with Gasteiger partial charge in [-0.15, -0.1) is 0 Å². The van der Waals surface area contributed by atoms with Crippen LogP contribution in [0.25, 0.3) is 0 Å². The Kier molecular flexibility index (Phi) is 5.99. The average molecular weight is 215 g/mol. The van der Waals surface area contributed by atoms with Crippen molar-refractivity contribution in [1.82, 2.24) is 4.57 Å². The van der Waals surface area contributed by atoms with Crippen LogP contribution in [-0.4, -0.2) is 37.1 Å². The Morgan fingerprint density at radius 2 is 2.00 bits per heavy atom. The molecule has 0 aromatic rings. The molecule has 1 saturated carbocycles. The van der Waals surface area contributed by atoms with Crippen LogP contribution in [0.4, 0.5) is 0 Å². The maximum Gasteiger partial charge on any atom is 0.0950 e. The van der Waals surface area contributed by atoms with E-state index in [0.29, 0.717) is 0 Å². The van der Waals surface area contributed by atoms with Crippen molar-refractivity contribution >= 4 is 19.9 Å². The minimum Gasteiger partial charge on any atom is -0.327 e. The molecule has 0 spiro atoms. The van der Waals surface area contributed by atoms with E-state index >= 15 is 0 Å². The molecule has 0 unspecified atom stereocenters. The number of nitrogens with zero attached hydrogens (tertiary/aromatic N) is 1. The van der Waals surface area contributed by atoms with Crippen molar-refractivity contribution in [3.05, 3.63) is 0 Å². The summed E-state index contributed by atoms with van der Waals surface area (Å²) in [5.41, 5.74) is 0. The van der Waals surface area contributed by atoms with Crippen LogP contribution in [-0.2, 0) is 0 Å². The van der Waals surface area contributed by atoms with Gasteiger partial charge in [-0.3, -0.25) is 0 Å². The monoisotopic (exact) mass is 215 g/mol. The molecule has 1 aliphatic rings. The normalized spacial score (nSPS) is 20.8. The molecule has 0 aliphatic heterocycles. The lowest BCUT2D eigenvalue weighted by molar-refractivity contribution is 0.265. The third-order valence-corrected chi connectivity index (χ3v) is 7.98. The quantitative estimate of drug-likeness (QED) is 0.617. The molecule has 0 saturated heterocycles. The molecule has 13 heavy (non-hydrogen) atoms. The molecule has 0 atom stereocenters. The Morgan fingerprint density at radius 3 is 2.54 bits per heavy atom. The molecular formula is C10H25NSi2. The molecular weight excluding hydrogens is 190 g/mol. The van der Waals surface area contributed by atoms with Crippen molar-refractivity contribution in [2.75, 3.05) is 6.54 Å². The third-order valence-electron chi connectivity index (χ3n) is 3.30. The van der Waals surface area contributed by atoms with Crippen molar-refractivity contribution in [2.45, 2.75) is 57.2 Å². The molecule has 0 amide bonds. The second-order valence-electron chi connectivity index (χ2n) is 4.27. The van der Waals surface area contributed by atoms with Crippen LogP contribution < -0.4 is 0 Å². The van der Waals surface area contributed by atoms with Gasteiger partial charge in [0.2, 0.25) is 0 Å². The van der Waals surface area contributed by atoms with E-state index in [0.717, 1.165) is 6.04 Å². The van der Waals surface area contributed by atoms with E-state index in [9.17, 15) is 0 Å². The summed E-state index contributed by atoms with van der Waals surface area (Å²) < 4.78 is 2.86. The fourth-order valence-corrected chi connectivity index (χ4v) is 5.12. The molecule has 1 nitrogen and oxygen atoms in total. The minimum atomic E-state index is 0.148. The van der Waals surface area contributed by atoms with Crippen LogP contribution >= 0.6 is 0 Å². The first-order chi connectivity index (χ1) is 6.38. The van der Waals surface area contributed by atoms with Gasteiger partial charge in [-0.1, -0.05) is 38.3 Å². The fraction of sp³-hybridized carbons (Fsp3) is 1.00. The minimum absolute atomic E-state index is 0.148. The molecule has 0 heterocycles. The van der Waals surface area contributed by atoms with Gasteiger partial charge in [-0.25, -0.2) is 0 Å². The molecule has 3 heteroatoms. The highest BCUT2D eigenvalue weighted by Gasteiger charge is 2.18. The van der Waals surface area contributed by atoms with E-state index in [1.807, 2.05) is 0 Å². The van der Waals surface area contributed by atoms with Crippen molar-refractivity contribution < 1.29 is 0 Å². The standard InChI is InChI=1S/C10H25NSi2/c1-2-11(13-9-8-12)10-6-4-3-5-7-10/h10H,2-9,13H2,1,12H3. The molecule has 1 rings (SSSR count). The lowest BCUT2D eigenvalue weighted by Crippen LogP contribution is -2.39. The van der Waals surface area contributed by atoms with Gasteiger partial charge >= 0.3 is 0 Å². The summed E-state index contributed by atoms with van der Waals surface area (Å²) in [6, 6.07) is 4.12. The van der Waals surface area contributed by atoms with Crippen LogP contribution in [0.3, 0.4) is 0 Å². The Balaban J connectivity index is 2.26. The topological polar surface area (TPSA) is 3.24 Å². The second kappa shape index (κ2) is 6.79. The molecule has 0 bridgehead atoms. The van der Waals surface area contributed by atoms with Gasteiger partial charge in [0.15, 0.2) is 0 Å². The van der Waals surface area contributed by atoms with Gasteiger partial charge in [-0.05, 0) is 19.4 Å². The third kappa shape index (κ3) is 3.96. The van der Waals surface area contributed by atoms with Crippen molar-refractivity contribution in [3.8, 4) is 0 Å². The van der Waals surface area contributed by atoms with Gasteiger partial charge < -0.3 is 4.57 Å². The Labute approximate surface area is 88.6 Å². The Morgan fingerprint density at radius 1 is 1.31 bits per heavy atom. The predicted octanol–water partition coefficient (Wildman–Crippen LogP) is 0.927. The van der Waals surface area contributed by atoms with Crippen LogP contribution in [0.5, 0.6) is 0 Å². The lowest BCUT2D eigenvalue weighted by Gasteiger charge is -2.33. The van der Waals surface area contributed by atoms with E-state index in [-0.39, 0.29) is 9.68 Å². The van der Waals surface area contributed by atoms with E-state index in [4.69, 9.17) is 0 Å². The first-order valence-corrected chi connectivity index (χ1v) is 9.17. The number of rotatable bonds is 5. The van der Waals surface area contributed by atoms with E-state index < -0.39 is 0 Å². The summed E-state index contributed by atoms with van der Waals surface area (Å²) in [6.07, 6.45) is 7.49.